The first-order valence-corrected chi connectivity index (χ1v) is 8.68. The summed E-state index contributed by atoms with van der Waals surface area (Å²) in [5, 5.41) is 13.6. The van der Waals surface area contributed by atoms with Gasteiger partial charge in [-0.25, -0.2) is 0 Å². The van der Waals surface area contributed by atoms with Crippen LogP contribution in [-0.2, 0) is 0 Å². The van der Waals surface area contributed by atoms with Crippen LogP contribution < -0.4 is 4.73 Å². The van der Waals surface area contributed by atoms with Gasteiger partial charge in [0.05, 0.1) is 10.9 Å². The summed E-state index contributed by atoms with van der Waals surface area (Å²) in [6, 6.07) is 28.3. The Balaban J connectivity index is 2.04. The zero-order valence-corrected chi connectivity index (χ0v) is 14.6. The molecule has 0 unspecified atom stereocenters. The van der Waals surface area contributed by atoms with Crippen LogP contribution in [0.3, 0.4) is 0 Å². The van der Waals surface area contributed by atoms with Crippen molar-refractivity contribution in [3.05, 3.63) is 119 Å². The lowest BCUT2D eigenvalue weighted by molar-refractivity contribution is -0.577. The Bertz CT molecular complexity index is 1080. The molecule has 3 aromatic carbocycles. The number of aryl methyl sites for hydroxylation is 1. The van der Waals surface area contributed by atoms with Gasteiger partial charge in [0, 0.05) is 6.07 Å². The molecule has 0 amide bonds. The molecule has 0 aliphatic rings. The van der Waals surface area contributed by atoms with E-state index in [2.05, 4.69) is 30.3 Å². The smallest absolute Gasteiger partial charge is 0.231 e. The summed E-state index contributed by atoms with van der Waals surface area (Å²) in [4.78, 5) is 0. The zero-order valence-electron chi connectivity index (χ0n) is 14.6. The molecule has 126 valence electrons. The number of fused-ring (bicyclic) bond motifs is 1. The standard InChI is InChI=1S/C24H19NO/c1-18-15-16-25(26)24-21(18)13-8-14-22(24)23(20-11-6-3-7-12-20)17-19-9-4-2-5-10-19/h2-17H,1H3/b23-17+. The maximum absolute atomic E-state index is 12.6. The summed E-state index contributed by atoms with van der Waals surface area (Å²) in [7, 11) is 0. The van der Waals surface area contributed by atoms with Gasteiger partial charge < -0.3 is 5.21 Å². The van der Waals surface area contributed by atoms with E-state index >= 15 is 0 Å². The highest BCUT2D eigenvalue weighted by atomic mass is 16.5. The van der Waals surface area contributed by atoms with Crippen molar-refractivity contribution in [1.82, 2.24) is 0 Å². The molecular weight excluding hydrogens is 318 g/mol. The minimum atomic E-state index is 0.707. The largest absolute Gasteiger partial charge is 0.618 e. The van der Waals surface area contributed by atoms with Gasteiger partial charge in [-0.3, -0.25) is 0 Å². The van der Waals surface area contributed by atoms with Crippen molar-refractivity contribution >= 4 is 22.6 Å². The Labute approximate surface area is 153 Å². The van der Waals surface area contributed by atoms with Crippen molar-refractivity contribution in [3.8, 4) is 0 Å². The molecule has 0 saturated carbocycles. The van der Waals surface area contributed by atoms with Gasteiger partial charge in [-0.2, -0.15) is 4.73 Å². The molecular formula is C24H19NO. The summed E-state index contributed by atoms with van der Waals surface area (Å²) >= 11 is 0. The third-order valence-corrected chi connectivity index (χ3v) is 4.63. The fourth-order valence-electron chi connectivity index (χ4n) is 3.31. The molecule has 0 fully saturated rings. The van der Waals surface area contributed by atoms with Crippen molar-refractivity contribution < 1.29 is 4.73 Å². The highest BCUT2D eigenvalue weighted by Gasteiger charge is 2.16. The van der Waals surface area contributed by atoms with E-state index in [-0.39, 0.29) is 0 Å². The monoisotopic (exact) mass is 337 g/mol. The SMILES string of the molecule is Cc1cc[n+]([O-])c2c(/C(=C/c3ccccc3)c3ccccc3)cccc12. The molecule has 0 atom stereocenters. The Morgan fingerprint density at radius 3 is 2.23 bits per heavy atom. The molecule has 0 bridgehead atoms. The Hall–Kier alpha value is -3.39. The number of nitrogens with zero attached hydrogens (tertiary/aromatic N) is 1. The molecule has 1 aromatic heterocycles. The van der Waals surface area contributed by atoms with E-state index in [0.29, 0.717) is 5.52 Å². The fraction of sp³-hybridized carbons (Fsp3) is 0.0417. The van der Waals surface area contributed by atoms with Crippen molar-refractivity contribution in [2.75, 3.05) is 0 Å². The van der Waals surface area contributed by atoms with Crippen molar-refractivity contribution in [3.63, 3.8) is 0 Å². The highest BCUT2D eigenvalue weighted by Crippen LogP contribution is 2.31. The highest BCUT2D eigenvalue weighted by molar-refractivity contribution is 6.00. The third kappa shape index (κ3) is 2.98. The van der Waals surface area contributed by atoms with E-state index in [0.717, 1.165) is 37.9 Å². The first-order chi connectivity index (χ1) is 12.7. The molecule has 0 aliphatic heterocycles. The number of pyridine rings is 1. The minimum absolute atomic E-state index is 0.707. The quantitative estimate of drug-likeness (QED) is 0.280. The van der Waals surface area contributed by atoms with Crippen LogP contribution in [0.2, 0.25) is 0 Å². The first-order valence-electron chi connectivity index (χ1n) is 8.68. The molecule has 0 N–H and O–H groups in total. The van der Waals surface area contributed by atoms with E-state index in [1.165, 1.54) is 0 Å². The minimum Gasteiger partial charge on any atom is -0.618 e. The third-order valence-electron chi connectivity index (χ3n) is 4.63. The van der Waals surface area contributed by atoms with Gasteiger partial charge in [0.1, 0.15) is 0 Å². The number of aromatic nitrogens is 1. The van der Waals surface area contributed by atoms with E-state index in [1.54, 1.807) is 6.20 Å². The second kappa shape index (κ2) is 6.85. The fourth-order valence-corrected chi connectivity index (χ4v) is 3.31. The van der Waals surface area contributed by atoms with Gasteiger partial charge in [0.15, 0.2) is 6.20 Å². The predicted octanol–water partition coefficient (Wildman–Crippen LogP) is 5.37. The molecule has 2 heteroatoms. The van der Waals surface area contributed by atoms with E-state index in [9.17, 15) is 5.21 Å². The van der Waals surface area contributed by atoms with Crippen LogP contribution >= 0.6 is 0 Å². The van der Waals surface area contributed by atoms with E-state index in [1.807, 2.05) is 67.6 Å². The molecule has 26 heavy (non-hydrogen) atoms. The second-order valence-corrected chi connectivity index (χ2v) is 6.36. The zero-order chi connectivity index (χ0) is 17.9. The first kappa shape index (κ1) is 16.1. The van der Waals surface area contributed by atoms with Gasteiger partial charge in [0.25, 0.3) is 0 Å². The van der Waals surface area contributed by atoms with Crippen LogP contribution in [0.5, 0.6) is 0 Å². The molecule has 4 rings (SSSR count). The van der Waals surface area contributed by atoms with Crippen LogP contribution in [0.15, 0.2) is 91.1 Å². The van der Waals surface area contributed by atoms with Gasteiger partial charge >= 0.3 is 0 Å². The number of rotatable bonds is 3. The number of hydrogen-bond donors (Lipinski definition) is 0. The predicted molar refractivity (Wildman–Crippen MR) is 108 cm³/mol. The topological polar surface area (TPSA) is 26.9 Å². The Kier molecular flexibility index (Phi) is 4.24. The molecule has 1 heterocycles. The molecule has 0 spiro atoms. The normalized spacial score (nSPS) is 11.7. The number of para-hydroxylation sites is 1. The van der Waals surface area contributed by atoms with Crippen LogP contribution in [0.25, 0.3) is 22.6 Å². The lowest BCUT2D eigenvalue weighted by atomic mass is 9.93. The van der Waals surface area contributed by atoms with E-state index < -0.39 is 0 Å². The Morgan fingerprint density at radius 2 is 1.50 bits per heavy atom. The number of benzene rings is 3. The second-order valence-electron chi connectivity index (χ2n) is 6.36. The molecule has 2 nitrogen and oxygen atoms in total. The van der Waals surface area contributed by atoms with Crippen LogP contribution in [0, 0.1) is 12.1 Å². The average molecular weight is 337 g/mol. The molecule has 0 radical (unpaired) electrons. The summed E-state index contributed by atoms with van der Waals surface area (Å²) in [6.45, 7) is 2.04. The van der Waals surface area contributed by atoms with Gasteiger partial charge in [-0.15, -0.1) is 0 Å². The van der Waals surface area contributed by atoms with Crippen molar-refractivity contribution in [2.24, 2.45) is 0 Å². The summed E-state index contributed by atoms with van der Waals surface area (Å²) < 4.78 is 0.972. The lowest BCUT2D eigenvalue weighted by Gasteiger charge is -2.13. The molecule has 0 aliphatic carbocycles. The van der Waals surface area contributed by atoms with Gasteiger partial charge in [-0.1, -0.05) is 66.7 Å². The maximum atomic E-state index is 12.6. The van der Waals surface area contributed by atoms with Crippen molar-refractivity contribution in [1.29, 1.82) is 0 Å². The lowest BCUT2D eigenvalue weighted by Crippen LogP contribution is -2.27. The van der Waals surface area contributed by atoms with Crippen molar-refractivity contribution in [2.45, 2.75) is 6.92 Å². The van der Waals surface area contributed by atoms with Gasteiger partial charge in [0.2, 0.25) is 5.52 Å². The summed E-state index contributed by atoms with van der Waals surface area (Å²) in [5.74, 6) is 0. The maximum Gasteiger partial charge on any atom is 0.231 e. The van der Waals surface area contributed by atoms with E-state index in [4.69, 9.17) is 0 Å². The van der Waals surface area contributed by atoms with Crippen LogP contribution in [0.4, 0.5) is 0 Å². The van der Waals surface area contributed by atoms with Crippen LogP contribution in [0.1, 0.15) is 22.3 Å². The molecule has 0 saturated heterocycles. The van der Waals surface area contributed by atoms with Crippen LogP contribution in [-0.4, -0.2) is 0 Å². The summed E-state index contributed by atoms with van der Waals surface area (Å²) in [5.41, 5.74) is 5.98. The Morgan fingerprint density at radius 1 is 0.808 bits per heavy atom. The molecule has 4 aromatic rings. The average Bonchev–Trinajstić information content (AvgIpc) is 2.70. The summed E-state index contributed by atoms with van der Waals surface area (Å²) in [6.07, 6.45) is 3.73. The van der Waals surface area contributed by atoms with Gasteiger partial charge in [-0.05, 0) is 47.4 Å². The number of hydrogen-bond acceptors (Lipinski definition) is 1.